The van der Waals surface area contributed by atoms with E-state index < -0.39 is 15.9 Å². The van der Waals surface area contributed by atoms with E-state index in [0.29, 0.717) is 5.56 Å². The number of rotatable bonds is 6. The summed E-state index contributed by atoms with van der Waals surface area (Å²) in [4.78, 5) is 16.2. The van der Waals surface area contributed by atoms with Gasteiger partial charge in [-0.1, -0.05) is 6.07 Å². The van der Waals surface area contributed by atoms with Gasteiger partial charge in [-0.3, -0.25) is 9.78 Å². The molecule has 1 N–H and O–H groups in total. The monoisotopic (exact) mass is 387 g/mol. The Balaban J connectivity index is 1.71. The normalized spacial score (nSPS) is 11.5. The number of amides is 1. The van der Waals surface area contributed by atoms with Gasteiger partial charge in [-0.2, -0.15) is 0 Å². The van der Waals surface area contributed by atoms with Gasteiger partial charge in [0.15, 0.2) is 0 Å². The number of nitrogens with zero attached hydrogens (tertiary/aromatic N) is 4. The van der Waals surface area contributed by atoms with E-state index in [4.69, 9.17) is 4.42 Å². The number of hydrogen-bond acceptors (Lipinski definition) is 7. The number of aromatic nitrogens is 3. The average molecular weight is 387 g/mol. The fourth-order valence-corrected chi connectivity index (χ4v) is 3.07. The number of hydrogen-bond donors (Lipinski definition) is 1. The van der Waals surface area contributed by atoms with Gasteiger partial charge in [-0.15, -0.1) is 10.2 Å². The van der Waals surface area contributed by atoms with Crippen LogP contribution in [0.2, 0.25) is 0 Å². The maximum absolute atomic E-state index is 12.1. The summed E-state index contributed by atoms with van der Waals surface area (Å²) in [7, 11) is -0.608. The third-order valence-corrected chi connectivity index (χ3v) is 5.50. The zero-order chi connectivity index (χ0) is 19.4. The molecule has 0 aliphatic rings. The summed E-state index contributed by atoms with van der Waals surface area (Å²) < 4.78 is 30.7. The molecule has 0 spiro atoms. The molecule has 0 fully saturated rings. The molecule has 1 aromatic carbocycles. The molecule has 9 nitrogen and oxygen atoms in total. The highest BCUT2D eigenvalue weighted by Gasteiger charge is 2.19. The van der Waals surface area contributed by atoms with Crippen molar-refractivity contribution in [1.29, 1.82) is 0 Å². The Morgan fingerprint density at radius 2 is 1.89 bits per heavy atom. The second-order valence-corrected chi connectivity index (χ2v) is 7.92. The first kappa shape index (κ1) is 18.7. The molecule has 27 heavy (non-hydrogen) atoms. The van der Waals surface area contributed by atoms with Crippen LogP contribution in [-0.4, -0.2) is 47.9 Å². The molecule has 2 heterocycles. The van der Waals surface area contributed by atoms with Crippen LogP contribution in [0.1, 0.15) is 16.2 Å². The van der Waals surface area contributed by atoms with Crippen LogP contribution >= 0.6 is 0 Å². The van der Waals surface area contributed by atoms with Gasteiger partial charge in [0.25, 0.3) is 0 Å². The quantitative estimate of drug-likeness (QED) is 0.677. The van der Waals surface area contributed by atoms with E-state index in [0.717, 1.165) is 9.87 Å². The summed E-state index contributed by atoms with van der Waals surface area (Å²) >= 11 is 0. The Kier molecular flexibility index (Phi) is 5.28. The standard InChI is InChI=1S/C17H17N5O4S/c1-22(2)27(24,25)14-7-5-13(6-8-14)16-20-21-17(26-16)15(23)19-11-12-4-3-9-18-10-12/h3-10H,11H2,1-2H3,(H,19,23). The molecule has 0 unspecified atom stereocenters. The van der Waals surface area contributed by atoms with Crippen LogP contribution in [0.25, 0.3) is 11.5 Å². The zero-order valence-electron chi connectivity index (χ0n) is 14.7. The molecule has 0 aliphatic carbocycles. The van der Waals surface area contributed by atoms with Crippen molar-refractivity contribution in [1.82, 2.24) is 24.8 Å². The second-order valence-electron chi connectivity index (χ2n) is 5.77. The minimum atomic E-state index is -3.52. The first-order valence-electron chi connectivity index (χ1n) is 7.91. The molecule has 0 aliphatic heterocycles. The van der Waals surface area contributed by atoms with Crippen LogP contribution in [0.15, 0.2) is 58.1 Å². The van der Waals surface area contributed by atoms with E-state index >= 15 is 0 Å². The van der Waals surface area contributed by atoms with Crippen LogP contribution in [-0.2, 0) is 16.6 Å². The van der Waals surface area contributed by atoms with Gasteiger partial charge in [0.1, 0.15) is 0 Å². The Hall–Kier alpha value is -3.11. The fourth-order valence-electron chi connectivity index (χ4n) is 2.17. The largest absolute Gasteiger partial charge is 0.412 e. The lowest BCUT2D eigenvalue weighted by Gasteiger charge is -2.11. The molecular formula is C17H17N5O4S. The Morgan fingerprint density at radius 3 is 2.52 bits per heavy atom. The van der Waals surface area contributed by atoms with E-state index in [9.17, 15) is 13.2 Å². The van der Waals surface area contributed by atoms with Crippen molar-refractivity contribution < 1.29 is 17.6 Å². The van der Waals surface area contributed by atoms with Gasteiger partial charge >= 0.3 is 11.8 Å². The maximum atomic E-state index is 12.1. The molecule has 10 heteroatoms. The molecule has 0 saturated heterocycles. The smallest absolute Gasteiger partial charge is 0.309 e. The van der Waals surface area contributed by atoms with Crippen LogP contribution < -0.4 is 5.32 Å². The molecule has 3 rings (SSSR count). The number of nitrogens with one attached hydrogen (secondary N) is 1. The minimum Gasteiger partial charge on any atom is -0.412 e. The van der Waals surface area contributed by atoms with Crippen LogP contribution in [0.5, 0.6) is 0 Å². The Bertz CT molecular complexity index is 1030. The van der Waals surface area contributed by atoms with Crippen molar-refractivity contribution in [3.8, 4) is 11.5 Å². The lowest BCUT2D eigenvalue weighted by atomic mass is 10.2. The summed E-state index contributed by atoms with van der Waals surface area (Å²) in [5, 5.41) is 10.2. The number of benzene rings is 1. The van der Waals surface area contributed by atoms with Crippen molar-refractivity contribution in [3.63, 3.8) is 0 Å². The van der Waals surface area contributed by atoms with E-state index in [-0.39, 0.29) is 23.2 Å². The van der Waals surface area contributed by atoms with E-state index in [1.165, 1.54) is 26.2 Å². The minimum absolute atomic E-state index is 0.121. The molecule has 140 valence electrons. The lowest BCUT2D eigenvalue weighted by molar-refractivity contribution is 0.0917. The zero-order valence-corrected chi connectivity index (χ0v) is 15.5. The van der Waals surface area contributed by atoms with Gasteiger partial charge in [0.05, 0.1) is 4.90 Å². The third kappa shape index (κ3) is 4.18. The van der Waals surface area contributed by atoms with Crippen LogP contribution in [0.4, 0.5) is 0 Å². The molecule has 2 aromatic heterocycles. The fraction of sp³-hybridized carbons (Fsp3) is 0.176. The molecular weight excluding hydrogens is 370 g/mol. The van der Waals surface area contributed by atoms with E-state index in [1.807, 2.05) is 6.07 Å². The number of sulfonamides is 1. The Morgan fingerprint density at radius 1 is 1.15 bits per heavy atom. The summed E-state index contributed by atoms with van der Waals surface area (Å²) in [5.41, 5.74) is 1.34. The topological polar surface area (TPSA) is 118 Å². The lowest BCUT2D eigenvalue weighted by Crippen LogP contribution is -2.23. The van der Waals surface area contributed by atoms with Gasteiger partial charge in [0.2, 0.25) is 15.9 Å². The van der Waals surface area contributed by atoms with Crippen molar-refractivity contribution in [2.45, 2.75) is 11.4 Å². The maximum Gasteiger partial charge on any atom is 0.309 e. The molecule has 0 atom stereocenters. The second kappa shape index (κ2) is 7.64. The van der Waals surface area contributed by atoms with Crippen LogP contribution in [0.3, 0.4) is 0 Å². The molecule has 0 radical (unpaired) electrons. The average Bonchev–Trinajstić information content (AvgIpc) is 3.17. The van der Waals surface area contributed by atoms with Crippen molar-refractivity contribution >= 4 is 15.9 Å². The summed E-state index contributed by atoms with van der Waals surface area (Å²) in [6.07, 6.45) is 3.29. The van der Waals surface area contributed by atoms with Crippen molar-refractivity contribution in [3.05, 3.63) is 60.2 Å². The highest BCUT2D eigenvalue weighted by atomic mass is 32.2. The Labute approximate surface area is 156 Å². The van der Waals surface area contributed by atoms with Gasteiger partial charge < -0.3 is 9.73 Å². The molecule has 0 saturated carbocycles. The van der Waals surface area contributed by atoms with E-state index in [2.05, 4.69) is 20.5 Å². The first-order valence-corrected chi connectivity index (χ1v) is 9.35. The number of pyridine rings is 1. The highest BCUT2D eigenvalue weighted by Crippen LogP contribution is 2.21. The van der Waals surface area contributed by atoms with Gasteiger partial charge in [0, 0.05) is 38.6 Å². The SMILES string of the molecule is CN(C)S(=O)(=O)c1ccc(-c2nnc(C(=O)NCc3cccnc3)o2)cc1. The van der Waals surface area contributed by atoms with E-state index in [1.54, 1.807) is 30.6 Å². The molecule has 1 amide bonds. The summed E-state index contributed by atoms with van der Waals surface area (Å²) in [5.74, 6) is -0.571. The molecule has 0 bridgehead atoms. The number of carbonyl (C=O) groups is 1. The van der Waals surface area contributed by atoms with Crippen molar-refractivity contribution in [2.75, 3.05) is 14.1 Å². The predicted molar refractivity (Wildman–Crippen MR) is 96.0 cm³/mol. The summed E-state index contributed by atoms with van der Waals surface area (Å²) in [6, 6.07) is 9.57. The van der Waals surface area contributed by atoms with Gasteiger partial charge in [-0.25, -0.2) is 12.7 Å². The predicted octanol–water partition coefficient (Wildman–Crippen LogP) is 1.31. The number of carbonyl (C=O) groups excluding carboxylic acids is 1. The third-order valence-electron chi connectivity index (χ3n) is 3.67. The highest BCUT2D eigenvalue weighted by molar-refractivity contribution is 7.89. The molecule has 3 aromatic rings. The first-order chi connectivity index (χ1) is 12.9. The van der Waals surface area contributed by atoms with Gasteiger partial charge in [-0.05, 0) is 35.9 Å². The van der Waals surface area contributed by atoms with Crippen LogP contribution in [0, 0.1) is 0 Å². The van der Waals surface area contributed by atoms with Crippen molar-refractivity contribution in [2.24, 2.45) is 0 Å². The summed E-state index contributed by atoms with van der Waals surface area (Å²) in [6.45, 7) is 0.279.